The van der Waals surface area contributed by atoms with Gasteiger partial charge in [-0.2, -0.15) is 0 Å². The highest BCUT2D eigenvalue weighted by Gasteiger charge is 2.37. The summed E-state index contributed by atoms with van der Waals surface area (Å²) in [7, 11) is 0. The van der Waals surface area contributed by atoms with Crippen LogP contribution in [0.25, 0.3) is 0 Å². The first-order chi connectivity index (χ1) is 13.0. The lowest BCUT2D eigenvalue weighted by Crippen LogP contribution is -2.41. The third-order valence-corrected chi connectivity index (χ3v) is 5.92. The lowest BCUT2D eigenvalue weighted by atomic mass is 9.73. The van der Waals surface area contributed by atoms with Crippen LogP contribution in [-0.4, -0.2) is 23.4 Å². The molecule has 0 spiro atoms. The van der Waals surface area contributed by atoms with Crippen LogP contribution in [0.3, 0.4) is 0 Å². The van der Waals surface area contributed by atoms with E-state index in [0.717, 1.165) is 18.6 Å². The summed E-state index contributed by atoms with van der Waals surface area (Å²) >= 11 is 0. The Morgan fingerprint density at radius 2 is 1.48 bits per heavy atom. The number of amides is 1. The molecule has 3 N–H and O–H groups in total. The molecule has 2 aromatic rings. The number of carbonyl (C=O) groups excluding carboxylic acids is 1. The standard InChI is InChI=1S/C22H25NO4/c23-21(25)27-20-13-19(14-20)26-18-9-5-16(6-10-18)22(11-1-2-12-22)15-3-7-17(24)8-4-15/h3-10,19-20,24H,1-2,11-14H2,(H2,23,25)/t19-,20-. The van der Waals surface area contributed by atoms with Gasteiger partial charge in [0.1, 0.15) is 23.7 Å². The largest absolute Gasteiger partial charge is 0.508 e. The van der Waals surface area contributed by atoms with Crippen LogP contribution in [-0.2, 0) is 10.2 Å². The van der Waals surface area contributed by atoms with Gasteiger partial charge in [0, 0.05) is 18.3 Å². The van der Waals surface area contributed by atoms with Crippen LogP contribution in [0, 0.1) is 0 Å². The van der Waals surface area contributed by atoms with E-state index in [0.29, 0.717) is 18.6 Å². The first-order valence-electron chi connectivity index (χ1n) is 9.58. The molecule has 0 bridgehead atoms. The van der Waals surface area contributed by atoms with Crippen molar-refractivity contribution in [2.75, 3.05) is 0 Å². The Morgan fingerprint density at radius 3 is 2.04 bits per heavy atom. The van der Waals surface area contributed by atoms with E-state index in [1.54, 1.807) is 12.1 Å². The number of phenolic OH excluding ortho intramolecular Hbond substituents is 1. The van der Waals surface area contributed by atoms with Crippen LogP contribution in [0.5, 0.6) is 11.5 Å². The number of primary amides is 1. The number of aromatic hydroxyl groups is 1. The average Bonchev–Trinajstić information content (AvgIpc) is 3.12. The lowest BCUT2D eigenvalue weighted by Gasteiger charge is -2.34. The van der Waals surface area contributed by atoms with Gasteiger partial charge < -0.3 is 20.3 Å². The Bertz CT molecular complexity index is 788. The molecule has 2 fully saturated rings. The van der Waals surface area contributed by atoms with Crippen LogP contribution in [0.4, 0.5) is 4.79 Å². The van der Waals surface area contributed by atoms with Crippen LogP contribution in [0.2, 0.25) is 0 Å². The summed E-state index contributed by atoms with van der Waals surface area (Å²) in [5, 5.41) is 9.62. The summed E-state index contributed by atoms with van der Waals surface area (Å²) in [6.45, 7) is 0. The van der Waals surface area contributed by atoms with Crippen molar-refractivity contribution in [1.82, 2.24) is 0 Å². The van der Waals surface area contributed by atoms with E-state index in [1.165, 1.54) is 24.0 Å². The normalized spacial score (nSPS) is 23.4. The maximum atomic E-state index is 10.7. The molecular formula is C22H25NO4. The monoisotopic (exact) mass is 367 g/mol. The molecule has 4 rings (SSSR count). The molecule has 27 heavy (non-hydrogen) atoms. The quantitative estimate of drug-likeness (QED) is 0.827. The minimum Gasteiger partial charge on any atom is -0.508 e. The highest BCUT2D eigenvalue weighted by atomic mass is 16.6. The number of nitrogens with two attached hydrogens (primary N) is 1. The molecule has 0 atom stereocenters. The molecule has 0 aliphatic heterocycles. The third kappa shape index (κ3) is 3.59. The maximum absolute atomic E-state index is 10.7. The minimum atomic E-state index is -0.723. The number of carbonyl (C=O) groups is 1. The summed E-state index contributed by atoms with van der Waals surface area (Å²) in [5.74, 6) is 1.13. The van der Waals surface area contributed by atoms with E-state index in [1.807, 2.05) is 24.3 Å². The van der Waals surface area contributed by atoms with Crippen LogP contribution in [0.1, 0.15) is 49.7 Å². The van der Waals surface area contributed by atoms with Gasteiger partial charge in [-0.25, -0.2) is 4.79 Å². The van der Waals surface area contributed by atoms with Gasteiger partial charge in [-0.05, 0) is 48.2 Å². The number of phenols is 1. The fourth-order valence-electron chi connectivity index (χ4n) is 4.42. The molecule has 0 unspecified atom stereocenters. The number of hydrogen-bond acceptors (Lipinski definition) is 4. The molecule has 0 radical (unpaired) electrons. The topological polar surface area (TPSA) is 81.8 Å². The van der Waals surface area contributed by atoms with E-state index in [-0.39, 0.29) is 17.6 Å². The van der Waals surface area contributed by atoms with Crippen molar-refractivity contribution < 1.29 is 19.4 Å². The van der Waals surface area contributed by atoms with E-state index in [4.69, 9.17) is 15.2 Å². The number of benzene rings is 2. The van der Waals surface area contributed by atoms with E-state index in [2.05, 4.69) is 12.1 Å². The molecule has 0 aromatic heterocycles. The van der Waals surface area contributed by atoms with Crippen molar-refractivity contribution in [3.63, 3.8) is 0 Å². The van der Waals surface area contributed by atoms with E-state index < -0.39 is 6.09 Å². The summed E-state index contributed by atoms with van der Waals surface area (Å²) < 4.78 is 10.9. The van der Waals surface area contributed by atoms with Gasteiger partial charge >= 0.3 is 6.09 Å². The van der Waals surface area contributed by atoms with Crippen molar-refractivity contribution in [2.45, 2.75) is 56.1 Å². The van der Waals surface area contributed by atoms with Crippen molar-refractivity contribution in [2.24, 2.45) is 5.73 Å². The second-order valence-electron chi connectivity index (χ2n) is 7.63. The molecule has 0 heterocycles. The molecule has 2 aliphatic rings. The Kier molecular flexibility index (Phi) is 4.68. The fourth-order valence-corrected chi connectivity index (χ4v) is 4.42. The van der Waals surface area contributed by atoms with Gasteiger partial charge in [0.2, 0.25) is 0 Å². The Labute approximate surface area is 159 Å². The minimum absolute atomic E-state index is 0.0170. The molecule has 2 saturated carbocycles. The van der Waals surface area contributed by atoms with Crippen molar-refractivity contribution >= 4 is 6.09 Å². The van der Waals surface area contributed by atoms with Crippen LogP contribution >= 0.6 is 0 Å². The Balaban J connectivity index is 1.46. The van der Waals surface area contributed by atoms with Gasteiger partial charge in [-0.3, -0.25) is 0 Å². The molecule has 0 saturated heterocycles. The average molecular weight is 367 g/mol. The van der Waals surface area contributed by atoms with Gasteiger partial charge in [0.25, 0.3) is 0 Å². The zero-order valence-corrected chi connectivity index (χ0v) is 15.3. The van der Waals surface area contributed by atoms with Crippen LogP contribution < -0.4 is 10.5 Å². The summed E-state index contributed by atoms with van der Waals surface area (Å²) in [5.41, 5.74) is 7.60. The Morgan fingerprint density at radius 1 is 0.926 bits per heavy atom. The molecule has 142 valence electrons. The second kappa shape index (κ2) is 7.14. The Hall–Kier alpha value is -2.69. The van der Waals surface area contributed by atoms with E-state index >= 15 is 0 Å². The SMILES string of the molecule is NC(=O)O[C@H]1C[C@H](Oc2ccc(C3(c4ccc(O)cc4)CCCC3)cc2)C1. The van der Waals surface area contributed by atoms with Crippen molar-refractivity contribution in [3.8, 4) is 11.5 Å². The molecule has 5 nitrogen and oxygen atoms in total. The fraction of sp³-hybridized carbons (Fsp3) is 0.409. The van der Waals surface area contributed by atoms with Gasteiger partial charge in [-0.15, -0.1) is 0 Å². The number of hydrogen-bond donors (Lipinski definition) is 2. The molecule has 5 heteroatoms. The first-order valence-corrected chi connectivity index (χ1v) is 9.58. The summed E-state index contributed by atoms with van der Waals surface area (Å²) in [4.78, 5) is 10.7. The number of rotatable bonds is 5. The van der Waals surface area contributed by atoms with Gasteiger partial charge in [-0.1, -0.05) is 37.1 Å². The molecular weight excluding hydrogens is 342 g/mol. The predicted octanol–water partition coefficient (Wildman–Crippen LogP) is 4.26. The van der Waals surface area contributed by atoms with Gasteiger partial charge in [0.05, 0.1) is 0 Å². The lowest BCUT2D eigenvalue weighted by molar-refractivity contribution is -0.0197. The van der Waals surface area contributed by atoms with Crippen molar-refractivity contribution in [1.29, 1.82) is 0 Å². The van der Waals surface area contributed by atoms with Gasteiger partial charge in [0.15, 0.2) is 0 Å². The smallest absolute Gasteiger partial charge is 0.404 e. The summed E-state index contributed by atoms with van der Waals surface area (Å²) in [6, 6.07) is 16.0. The molecule has 1 amide bonds. The summed E-state index contributed by atoms with van der Waals surface area (Å²) in [6.07, 6.45) is 5.24. The molecule has 2 aromatic carbocycles. The molecule has 2 aliphatic carbocycles. The maximum Gasteiger partial charge on any atom is 0.404 e. The number of ether oxygens (including phenoxy) is 2. The predicted molar refractivity (Wildman–Crippen MR) is 102 cm³/mol. The van der Waals surface area contributed by atoms with E-state index in [9.17, 15) is 9.90 Å². The zero-order chi connectivity index (χ0) is 18.9. The zero-order valence-electron chi connectivity index (χ0n) is 15.3. The highest BCUT2D eigenvalue weighted by Crippen LogP contribution is 2.47. The highest BCUT2D eigenvalue weighted by molar-refractivity contribution is 5.64. The van der Waals surface area contributed by atoms with Crippen molar-refractivity contribution in [3.05, 3.63) is 59.7 Å². The third-order valence-electron chi connectivity index (χ3n) is 5.92. The van der Waals surface area contributed by atoms with Crippen LogP contribution in [0.15, 0.2) is 48.5 Å². The second-order valence-corrected chi connectivity index (χ2v) is 7.63. The first kappa shape index (κ1) is 17.7.